The summed E-state index contributed by atoms with van der Waals surface area (Å²) in [6, 6.07) is 10.7. The van der Waals surface area contributed by atoms with Crippen molar-refractivity contribution < 1.29 is 9.59 Å². The first-order chi connectivity index (χ1) is 13.0. The molecule has 2 aromatic heterocycles. The van der Waals surface area contributed by atoms with E-state index in [1.807, 2.05) is 24.4 Å². The number of anilines is 1. The van der Waals surface area contributed by atoms with E-state index >= 15 is 0 Å². The topological polar surface area (TPSA) is 102 Å². The van der Waals surface area contributed by atoms with Crippen molar-refractivity contribution in [1.29, 1.82) is 0 Å². The molecule has 1 aromatic carbocycles. The predicted molar refractivity (Wildman–Crippen MR) is 105 cm³/mol. The van der Waals surface area contributed by atoms with Gasteiger partial charge in [-0.25, -0.2) is 4.68 Å². The van der Waals surface area contributed by atoms with Gasteiger partial charge in [0.25, 0.3) is 5.91 Å². The van der Waals surface area contributed by atoms with Crippen LogP contribution in [-0.4, -0.2) is 37.8 Å². The van der Waals surface area contributed by atoms with Gasteiger partial charge in [0, 0.05) is 23.2 Å². The van der Waals surface area contributed by atoms with Crippen LogP contribution in [0, 0.1) is 0 Å². The second kappa shape index (κ2) is 8.78. The minimum Gasteiger partial charge on any atom is -0.345 e. The van der Waals surface area contributed by atoms with Gasteiger partial charge >= 0.3 is 0 Å². The number of thiophene rings is 1. The number of thioether (sulfide) groups is 1. The molecule has 2 amide bonds. The lowest BCUT2D eigenvalue weighted by Gasteiger charge is -2.12. The Bertz CT molecular complexity index is 908. The summed E-state index contributed by atoms with van der Waals surface area (Å²) in [7, 11) is 1.71. The number of benzene rings is 1. The highest BCUT2D eigenvalue weighted by Gasteiger charge is 2.13. The van der Waals surface area contributed by atoms with Gasteiger partial charge in [0.2, 0.25) is 11.1 Å². The molecule has 0 saturated carbocycles. The first-order valence-corrected chi connectivity index (χ1v) is 9.99. The summed E-state index contributed by atoms with van der Waals surface area (Å²) in [4.78, 5) is 25.5. The maximum absolute atomic E-state index is 12.3. The number of carbonyl (C=O) groups is 2. The minimum absolute atomic E-state index is 0.0518. The molecule has 0 spiro atoms. The van der Waals surface area contributed by atoms with E-state index in [1.54, 1.807) is 42.6 Å². The zero-order chi connectivity index (χ0) is 19.2. The third-order valence-electron chi connectivity index (χ3n) is 3.66. The van der Waals surface area contributed by atoms with Crippen molar-refractivity contribution in [3.05, 3.63) is 52.2 Å². The van der Waals surface area contributed by atoms with Crippen molar-refractivity contribution in [1.82, 2.24) is 25.5 Å². The molecular weight excluding hydrogens is 384 g/mol. The number of rotatable bonds is 7. The monoisotopic (exact) mass is 402 g/mol. The van der Waals surface area contributed by atoms with Crippen molar-refractivity contribution in [3.63, 3.8) is 0 Å². The van der Waals surface area contributed by atoms with E-state index in [9.17, 15) is 9.59 Å². The number of carbonyl (C=O) groups excluding carboxylic acids is 2. The average Bonchev–Trinajstić information content (AvgIpc) is 3.32. The van der Waals surface area contributed by atoms with Crippen LogP contribution in [0.1, 0.15) is 28.2 Å². The molecule has 27 heavy (non-hydrogen) atoms. The number of aromatic nitrogens is 4. The summed E-state index contributed by atoms with van der Waals surface area (Å²) < 4.78 is 1.50. The van der Waals surface area contributed by atoms with Crippen molar-refractivity contribution in [2.45, 2.75) is 18.1 Å². The van der Waals surface area contributed by atoms with Crippen LogP contribution in [-0.2, 0) is 11.8 Å². The van der Waals surface area contributed by atoms with Crippen molar-refractivity contribution >= 4 is 40.6 Å². The van der Waals surface area contributed by atoms with Crippen LogP contribution in [0.3, 0.4) is 0 Å². The number of tetrazole rings is 1. The smallest absolute Gasteiger partial charge is 0.251 e. The van der Waals surface area contributed by atoms with Crippen LogP contribution < -0.4 is 10.6 Å². The summed E-state index contributed by atoms with van der Waals surface area (Å²) in [6.07, 6.45) is 0. The van der Waals surface area contributed by atoms with Gasteiger partial charge in [-0.3, -0.25) is 9.59 Å². The number of nitrogens with zero attached hydrogens (tertiary/aromatic N) is 4. The van der Waals surface area contributed by atoms with E-state index in [4.69, 9.17) is 0 Å². The molecule has 0 aliphatic heterocycles. The van der Waals surface area contributed by atoms with Gasteiger partial charge in [-0.15, -0.1) is 16.4 Å². The Hall–Kier alpha value is -2.72. The lowest BCUT2D eigenvalue weighted by Crippen LogP contribution is -2.26. The third kappa shape index (κ3) is 5.14. The maximum Gasteiger partial charge on any atom is 0.251 e. The van der Waals surface area contributed by atoms with Crippen LogP contribution in [0.2, 0.25) is 0 Å². The highest BCUT2D eigenvalue weighted by molar-refractivity contribution is 7.99. The molecule has 140 valence electrons. The van der Waals surface area contributed by atoms with Crippen molar-refractivity contribution in [2.24, 2.45) is 7.05 Å². The number of hydrogen-bond donors (Lipinski definition) is 2. The molecule has 0 bridgehead atoms. The fraction of sp³-hybridized carbons (Fsp3) is 0.235. The zero-order valence-electron chi connectivity index (χ0n) is 14.7. The Morgan fingerprint density at radius 2 is 2.04 bits per heavy atom. The summed E-state index contributed by atoms with van der Waals surface area (Å²) in [6.45, 7) is 1.95. The van der Waals surface area contributed by atoms with Crippen LogP contribution in [0.25, 0.3) is 0 Å². The Labute approximate surface area is 164 Å². The van der Waals surface area contributed by atoms with E-state index in [1.165, 1.54) is 16.4 Å². The lowest BCUT2D eigenvalue weighted by molar-refractivity contribution is -0.113. The normalized spacial score (nSPS) is 11.8. The summed E-state index contributed by atoms with van der Waals surface area (Å²) >= 11 is 2.85. The second-order valence-electron chi connectivity index (χ2n) is 5.71. The van der Waals surface area contributed by atoms with Gasteiger partial charge in [-0.2, -0.15) is 0 Å². The van der Waals surface area contributed by atoms with Gasteiger partial charge in [-0.05, 0) is 53.1 Å². The molecule has 2 N–H and O–H groups in total. The molecule has 10 heteroatoms. The molecule has 0 aliphatic rings. The van der Waals surface area contributed by atoms with Crippen LogP contribution in [0.5, 0.6) is 0 Å². The quantitative estimate of drug-likeness (QED) is 0.589. The molecule has 3 aromatic rings. The standard InChI is InChI=1S/C17H18N6O2S2/c1-11(14-4-3-9-26-14)18-16(25)12-5-7-13(8-6-12)19-15(24)10-27-17-20-21-22-23(17)2/h3-9,11H,10H2,1-2H3,(H,18,25)(H,19,24)/t11-/m1/s1. The number of nitrogens with one attached hydrogen (secondary N) is 2. The number of hydrogen-bond acceptors (Lipinski definition) is 7. The van der Waals surface area contributed by atoms with Gasteiger partial charge in [0.05, 0.1) is 11.8 Å². The molecule has 0 fully saturated rings. The van der Waals surface area contributed by atoms with Gasteiger partial charge in [-0.1, -0.05) is 17.8 Å². The Balaban J connectivity index is 1.51. The SMILES string of the molecule is C[C@@H](NC(=O)c1ccc(NC(=O)CSc2nnnn2C)cc1)c1cccs1. The lowest BCUT2D eigenvalue weighted by atomic mass is 10.1. The van der Waals surface area contributed by atoms with Crippen molar-refractivity contribution in [2.75, 3.05) is 11.1 Å². The minimum atomic E-state index is -0.175. The zero-order valence-corrected chi connectivity index (χ0v) is 16.4. The van der Waals surface area contributed by atoms with E-state index in [0.717, 1.165) is 4.88 Å². The van der Waals surface area contributed by atoms with Crippen LogP contribution in [0.15, 0.2) is 46.9 Å². The molecule has 1 atom stereocenters. The Morgan fingerprint density at radius 3 is 2.67 bits per heavy atom. The van der Waals surface area contributed by atoms with Crippen LogP contribution in [0.4, 0.5) is 5.69 Å². The van der Waals surface area contributed by atoms with E-state index < -0.39 is 0 Å². The first-order valence-electron chi connectivity index (χ1n) is 8.12. The van der Waals surface area contributed by atoms with Gasteiger partial charge < -0.3 is 10.6 Å². The molecule has 3 rings (SSSR count). The Morgan fingerprint density at radius 1 is 1.26 bits per heavy atom. The predicted octanol–water partition coefficient (Wildman–Crippen LogP) is 2.49. The van der Waals surface area contributed by atoms with Gasteiger partial charge in [0.1, 0.15) is 0 Å². The summed E-state index contributed by atoms with van der Waals surface area (Å²) in [5, 5.41) is 19.3. The van der Waals surface area contributed by atoms with Crippen molar-refractivity contribution in [3.8, 4) is 0 Å². The fourth-order valence-electron chi connectivity index (χ4n) is 2.26. The highest BCUT2D eigenvalue weighted by atomic mass is 32.2. The fourth-order valence-corrected chi connectivity index (χ4v) is 3.65. The highest BCUT2D eigenvalue weighted by Crippen LogP contribution is 2.19. The molecular formula is C17H18N6O2S2. The van der Waals surface area contributed by atoms with Gasteiger partial charge in [0.15, 0.2) is 0 Å². The maximum atomic E-state index is 12.3. The van der Waals surface area contributed by atoms with E-state index in [2.05, 4.69) is 26.2 Å². The van der Waals surface area contributed by atoms with E-state index in [0.29, 0.717) is 16.4 Å². The molecule has 0 aliphatic carbocycles. The number of amides is 2. The number of aryl methyl sites for hydroxylation is 1. The van der Waals surface area contributed by atoms with E-state index in [-0.39, 0.29) is 23.6 Å². The molecule has 8 nitrogen and oxygen atoms in total. The molecule has 0 radical (unpaired) electrons. The molecule has 2 heterocycles. The Kier molecular flexibility index (Phi) is 6.20. The second-order valence-corrected chi connectivity index (χ2v) is 7.63. The van der Waals surface area contributed by atoms with Crippen LogP contribution >= 0.6 is 23.1 Å². The summed E-state index contributed by atoms with van der Waals surface area (Å²) in [5.74, 6) is -0.139. The third-order valence-corrected chi connectivity index (χ3v) is 5.73. The average molecular weight is 403 g/mol. The summed E-state index contributed by atoms with van der Waals surface area (Å²) in [5.41, 5.74) is 1.16. The first kappa shape index (κ1) is 19.1. The molecule has 0 saturated heterocycles. The largest absolute Gasteiger partial charge is 0.345 e. The molecule has 0 unspecified atom stereocenters.